The smallest absolute Gasteiger partial charge is 0.258 e. The highest BCUT2D eigenvalue weighted by molar-refractivity contribution is 6.30. The van der Waals surface area contributed by atoms with Crippen LogP contribution in [0, 0.1) is 12.7 Å². The summed E-state index contributed by atoms with van der Waals surface area (Å²) in [4.78, 5) is 20.6. The van der Waals surface area contributed by atoms with Crippen LogP contribution in [-0.2, 0) is 11.3 Å². The molecule has 3 rings (SSSR count). The number of nitrogens with one attached hydrogen (secondary N) is 1. The lowest BCUT2D eigenvalue weighted by molar-refractivity contribution is -0.123. The summed E-state index contributed by atoms with van der Waals surface area (Å²) in [6.07, 6.45) is 0. The Balaban J connectivity index is 1.59. The Morgan fingerprint density at radius 1 is 1.11 bits per heavy atom. The predicted octanol–water partition coefficient (Wildman–Crippen LogP) is 3.94. The largest absolute Gasteiger partial charge is 0.467 e. The minimum atomic E-state index is -0.333. The number of aryl methyl sites for hydroxylation is 1. The number of benzene rings is 2. The van der Waals surface area contributed by atoms with E-state index in [-0.39, 0.29) is 24.2 Å². The van der Waals surface area contributed by atoms with Crippen LogP contribution in [0.4, 0.5) is 4.39 Å². The van der Waals surface area contributed by atoms with Crippen molar-refractivity contribution in [2.75, 3.05) is 6.61 Å². The van der Waals surface area contributed by atoms with E-state index in [4.69, 9.17) is 16.3 Å². The Morgan fingerprint density at radius 2 is 1.81 bits per heavy atom. The average molecular weight is 386 g/mol. The normalized spacial score (nSPS) is 10.5. The van der Waals surface area contributed by atoms with Crippen molar-refractivity contribution >= 4 is 17.5 Å². The van der Waals surface area contributed by atoms with E-state index >= 15 is 0 Å². The number of rotatable bonds is 6. The summed E-state index contributed by atoms with van der Waals surface area (Å²) in [5.74, 6) is 0.0832. The highest BCUT2D eigenvalue weighted by Crippen LogP contribution is 2.19. The van der Waals surface area contributed by atoms with Gasteiger partial charge in [0.05, 0.1) is 0 Å². The molecule has 138 valence electrons. The number of nitrogens with zero attached hydrogens (tertiary/aromatic N) is 2. The lowest BCUT2D eigenvalue weighted by Crippen LogP contribution is -2.28. The van der Waals surface area contributed by atoms with Gasteiger partial charge in [-0.25, -0.2) is 9.37 Å². The Kier molecular flexibility index (Phi) is 5.98. The summed E-state index contributed by atoms with van der Waals surface area (Å²) in [6.45, 7) is 2.00. The minimum Gasteiger partial charge on any atom is -0.467 e. The molecule has 7 heteroatoms. The standard InChI is InChI=1S/C20H17ClFN3O2/c1-13-10-19(25-20(24-13)15-4-8-17(22)9-5-15)27-12-18(26)23-11-14-2-6-16(21)7-3-14/h2-10H,11-12H2,1H3,(H,23,26). The van der Waals surface area contributed by atoms with Crippen molar-refractivity contribution in [3.63, 3.8) is 0 Å². The van der Waals surface area contributed by atoms with Crippen LogP contribution in [0.1, 0.15) is 11.3 Å². The zero-order chi connectivity index (χ0) is 19.2. The molecule has 0 atom stereocenters. The van der Waals surface area contributed by atoms with Gasteiger partial charge in [0.25, 0.3) is 5.91 Å². The van der Waals surface area contributed by atoms with Gasteiger partial charge in [-0.05, 0) is 48.9 Å². The van der Waals surface area contributed by atoms with Gasteiger partial charge in [0.15, 0.2) is 12.4 Å². The number of ether oxygens (including phenoxy) is 1. The highest BCUT2D eigenvalue weighted by atomic mass is 35.5. The summed E-state index contributed by atoms with van der Waals surface area (Å²) in [5, 5.41) is 3.41. The molecule has 0 bridgehead atoms. The third-order valence-corrected chi connectivity index (χ3v) is 3.94. The molecule has 0 saturated heterocycles. The number of aromatic nitrogens is 2. The first-order chi connectivity index (χ1) is 13.0. The van der Waals surface area contributed by atoms with Gasteiger partial charge < -0.3 is 10.1 Å². The third-order valence-electron chi connectivity index (χ3n) is 3.69. The number of amides is 1. The van der Waals surface area contributed by atoms with Gasteiger partial charge in [-0.15, -0.1) is 0 Å². The molecule has 0 spiro atoms. The van der Waals surface area contributed by atoms with Crippen molar-refractivity contribution in [3.05, 3.63) is 76.7 Å². The van der Waals surface area contributed by atoms with Crippen molar-refractivity contribution in [3.8, 4) is 17.3 Å². The first-order valence-corrected chi connectivity index (χ1v) is 8.63. The van der Waals surface area contributed by atoms with Gasteiger partial charge in [-0.2, -0.15) is 4.98 Å². The Labute approximate surface area is 161 Å². The molecule has 0 aliphatic carbocycles. The van der Waals surface area contributed by atoms with Crippen molar-refractivity contribution in [2.24, 2.45) is 0 Å². The van der Waals surface area contributed by atoms with Crippen LogP contribution in [0.15, 0.2) is 54.6 Å². The fraction of sp³-hybridized carbons (Fsp3) is 0.150. The summed E-state index contributed by atoms with van der Waals surface area (Å²) in [7, 11) is 0. The lowest BCUT2D eigenvalue weighted by atomic mass is 10.2. The maximum atomic E-state index is 13.1. The van der Waals surface area contributed by atoms with Crippen LogP contribution in [-0.4, -0.2) is 22.5 Å². The van der Waals surface area contributed by atoms with Crippen LogP contribution >= 0.6 is 11.6 Å². The molecule has 0 saturated carbocycles. The molecular weight excluding hydrogens is 369 g/mol. The minimum absolute atomic E-state index is 0.174. The Hall–Kier alpha value is -2.99. The SMILES string of the molecule is Cc1cc(OCC(=O)NCc2ccc(Cl)cc2)nc(-c2ccc(F)cc2)n1. The van der Waals surface area contributed by atoms with Crippen molar-refractivity contribution < 1.29 is 13.9 Å². The topological polar surface area (TPSA) is 64.1 Å². The molecule has 0 aliphatic heterocycles. The zero-order valence-corrected chi connectivity index (χ0v) is 15.3. The monoisotopic (exact) mass is 385 g/mol. The molecule has 2 aromatic carbocycles. The van der Waals surface area contributed by atoms with E-state index in [0.717, 1.165) is 5.56 Å². The summed E-state index contributed by atoms with van der Waals surface area (Å²) < 4.78 is 18.6. The van der Waals surface area contributed by atoms with Gasteiger partial charge in [0, 0.05) is 28.9 Å². The second-order valence-electron chi connectivity index (χ2n) is 5.87. The van der Waals surface area contributed by atoms with Crippen LogP contribution < -0.4 is 10.1 Å². The Morgan fingerprint density at radius 3 is 2.52 bits per heavy atom. The number of hydrogen-bond acceptors (Lipinski definition) is 4. The molecule has 0 unspecified atom stereocenters. The summed E-state index contributed by atoms with van der Waals surface area (Å²) in [6, 6.07) is 14.7. The van der Waals surface area contributed by atoms with E-state index < -0.39 is 0 Å². The summed E-state index contributed by atoms with van der Waals surface area (Å²) >= 11 is 5.83. The zero-order valence-electron chi connectivity index (χ0n) is 14.6. The number of halogens is 2. The molecule has 27 heavy (non-hydrogen) atoms. The van der Waals surface area contributed by atoms with E-state index in [0.29, 0.717) is 28.6 Å². The lowest BCUT2D eigenvalue weighted by Gasteiger charge is -2.09. The van der Waals surface area contributed by atoms with E-state index in [1.54, 1.807) is 37.3 Å². The van der Waals surface area contributed by atoms with Crippen molar-refractivity contribution in [1.29, 1.82) is 0 Å². The van der Waals surface area contributed by atoms with E-state index in [1.165, 1.54) is 12.1 Å². The molecule has 1 amide bonds. The average Bonchev–Trinajstić information content (AvgIpc) is 2.66. The molecule has 5 nitrogen and oxygen atoms in total. The second kappa shape index (κ2) is 8.60. The van der Waals surface area contributed by atoms with Crippen LogP contribution in [0.5, 0.6) is 5.88 Å². The first kappa shape index (κ1) is 18.8. The van der Waals surface area contributed by atoms with Crippen LogP contribution in [0.25, 0.3) is 11.4 Å². The molecule has 1 aromatic heterocycles. The van der Waals surface area contributed by atoms with Crippen molar-refractivity contribution in [1.82, 2.24) is 15.3 Å². The fourth-order valence-corrected chi connectivity index (χ4v) is 2.46. The molecule has 0 fully saturated rings. The number of carbonyl (C=O) groups is 1. The molecule has 1 N–H and O–H groups in total. The van der Waals surface area contributed by atoms with E-state index in [9.17, 15) is 9.18 Å². The molecular formula is C20H17ClFN3O2. The number of carbonyl (C=O) groups excluding carboxylic acids is 1. The van der Waals surface area contributed by atoms with Gasteiger partial charge in [-0.1, -0.05) is 23.7 Å². The molecule has 1 heterocycles. The summed E-state index contributed by atoms with van der Waals surface area (Å²) in [5.41, 5.74) is 2.28. The molecule has 0 radical (unpaired) electrons. The van der Waals surface area contributed by atoms with Crippen LogP contribution in [0.3, 0.4) is 0 Å². The Bertz CT molecular complexity index is 931. The second-order valence-corrected chi connectivity index (χ2v) is 6.31. The van der Waals surface area contributed by atoms with Crippen LogP contribution in [0.2, 0.25) is 5.02 Å². The van der Waals surface area contributed by atoms with Gasteiger partial charge in [-0.3, -0.25) is 4.79 Å². The maximum Gasteiger partial charge on any atom is 0.258 e. The highest BCUT2D eigenvalue weighted by Gasteiger charge is 2.08. The molecule has 0 aliphatic rings. The predicted molar refractivity (Wildman–Crippen MR) is 101 cm³/mol. The maximum absolute atomic E-state index is 13.1. The van der Waals surface area contributed by atoms with E-state index in [2.05, 4.69) is 15.3 Å². The third kappa shape index (κ3) is 5.49. The first-order valence-electron chi connectivity index (χ1n) is 8.25. The quantitative estimate of drug-likeness (QED) is 0.698. The van der Waals surface area contributed by atoms with Gasteiger partial charge >= 0.3 is 0 Å². The molecule has 3 aromatic rings. The van der Waals surface area contributed by atoms with E-state index in [1.807, 2.05) is 12.1 Å². The van der Waals surface area contributed by atoms with Crippen molar-refractivity contribution in [2.45, 2.75) is 13.5 Å². The number of hydrogen-bond donors (Lipinski definition) is 1. The van der Waals surface area contributed by atoms with Gasteiger partial charge in [0.2, 0.25) is 5.88 Å². The fourth-order valence-electron chi connectivity index (χ4n) is 2.34. The van der Waals surface area contributed by atoms with Gasteiger partial charge in [0.1, 0.15) is 5.82 Å².